The predicted molar refractivity (Wildman–Crippen MR) is 107 cm³/mol. The van der Waals surface area contributed by atoms with Crippen LogP contribution in [-0.2, 0) is 6.54 Å². The average molecular weight is 436 g/mol. The Morgan fingerprint density at radius 3 is 2.77 bits per heavy atom. The number of thiophene rings is 1. The molecule has 1 aromatic rings. The molecule has 0 unspecified atom stereocenters. The van der Waals surface area contributed by atoms with Crippen LogP contribution in [-0.4, -0.2) is 43.6 Å². The van der Waals surface area contributed by atoms with Gasteiger partial charge in [0.25, 0.3) is 0 Å². The number of guanidine groups is 1. The van der Waals surface area contributed by atoms with Gasteiger partial charge in [0.15, 0.2) is 5.96 Å². The van der Waals surface area contributed by atoms with Gasteiger partial charge in [0.1, 0.15) is 0 Å². The minimum absolute atomic E-state index is 0. The molecule has 0 spiro atoms. The van der Waals surface area contributed by atoms with Gasteiger partial charge in [0, 0.05) is 19.6 Å². The molecule has 2 N–H and O–H groups in total. The lowest BCUT2D eigenvalue weighted by Gasteiger charge is -2.30. The molecule has 126 valence electrons. The lowest BCUT2D eigenvalue weighted by molar-refractivity contribution is 0.195. The Bertz CT molecular complexity index is 414. The summed E-state index contributed by atoms with van der Waals surface area (Å²) in [4.78, 5) is 7.18. The number of hydrogen-bond donors (Lipinski definition) is 2. The van der Waals surface area contributed by atoms with Crippen LogP contribution in [0.25, 0.3) is 0 Å². The Balaban J connectivity index is 0.00000242. The normalized spacial score (nSPS) is 17.1. The first kappa shape index (κ1) is 19.7. The molecule has 2 heterocycles. The maximum atomic E-state index is 4.63. The number of hydrogen-bond acceptors (Lipinski definition) is 3. The summed E-state index contributed by atoms with van der Waals surface area (Å²) in [6, 6.07) is 2.13. The monoisotopic (exact) mass is 436 g/mol. The van der Waals surface area contributed by atoms with E-state index in [1.807, 2.05) is 0 Å². The summed E-state index contributed by atoms with van der Waals surface area (Å²) in [6.45, 7) is 10.7. The van der Waals surface area contributed by atoms with E-state index in [2.05, 4.69) is 51.2 Å². The van der Waals surface area contributed by atoms with Crippen LogP contribution in [0.15, 0.2) is 21.8 Å². The third kappa shape index (κ3) is 7.28. The van der Waals surface area contributed by atoms with Gasteiger partial charge in [-0.15, -0.1) is 24.0 Å². The molecule has 1 aliphatic rings. The Kier molecular flexibility index (Phi) is 10.1. The highest BCUT2D eigenvalue weighted by molar-refractivity contribution is 14.0. The molecular formula is C16H29IN4S. The van der Waals surface area contributed by atoms with Gasteiger partial charge in [-0.2, -0.15) is 11.3 Å². The van der Waals surface area contributed by atoms with E-state index >= 15 is 0 Å². The van der Waals surface area contributed by atoms with Gasteiger partial charge in [-0.05, 0) is 61.2 Å². The van der Waals surface area contributed by atoms with Crippen LogP contribution in [0, 0.1) is 5.92 Å². The molecular weight excluding hydrogens is 407 g/mol. The number of nitrogens with zero attached hydrogens (tertiary/aromatic N) is 2. The zero-order valence-electron chi connectivity index (χ0n) is 13.7. The van der Waals surface area contributed by atoms with Gasteiger partial charge in [-0.1, -0.05) is 6.92 Å². The molecule has 0 aliphatic carbocycles. The van der Waals surface area contributed by atoms with E-state index in [1.165, 1.54) is 31.5 Å². The van der Waals surface area contributed by atoms with Crippen molar-refractivity contribution in [3.8, 4) is 0 Å². The predicted octanol–water partition coefficient (Wildman–Crippen LogP) is 3.15. The van der Waals surface area contributed by atoms with Gasteiger partial charge in [-0.25, -0.2) is 4.99 Å². The van der Waals surface area contributed by atoms with E-state index in [9.17, 15) is 0 Å². The Labute approximate surface area is 155 Å². The molecule has 0 bridgehead atoms. The van der Waals surface area contributed by atoms with Gasteiger partial charge in [0.2, 0.25) is 0 Å². The third-order valence-electron chi connectivity index (χ3n) is 3.94. The van der Waals surface area contributed by atoms with E-state index < -0.39 is 0 Å². The van der Waals surface area contributed by atoms with Crippen LogP contribution < -0.4 is 10.6 Å². The van der Waals surface area contributed by atoms with Crippen molar-refractivity contribution >= 4 is 41.3 Å². The van der Waals surface area contributed by atoms with Gasteiger partial charge in [-0.3, -0.25) is 0 Å². The van der Waals surface area contributed by atoms with Crippen molar-refractivity contribution in [2.75, 3.05) is 32.7 Å². The maximum Gasteiger partial charge on any atom is 0.191 e. The molecule has 0 saturated carbocycles. The smallest absolute Gasteiger partial charge is 0.191 e. The van der Waals surface area contributed by atoms with Crippen LogP contribution in [0.1, 0.15) is 32.3 Å². The molecule has 22 heavy (non-hydrogen) atoms. The first-order valence-electron chi connectivity index (χ1n) is 8.03. The Hall–Kier alpha value is -0.340. The van der Waals surface area contributed by atoms with E-state index in [-0.39, 0.29) is 24.0 Å². The van der Waals surface area contributed by atoms with E-state index in [4.69, 9.17) is 0 Å². The molecule has 6 heteroatoms. The summed E-state index contributed by atoms with van der Waals surface area (Å²) in [5.41, 5.74) is 1.28. The average Bonchev–Trinajstić information content (AvgIpc) is 3.00. The fourth-order valence-corrected chi connectivity index (χ4v) is 3.17. The fourth-order valence-electron chi connectivity index (χ4n) is 2.51. The van der Waals surface area contributed by atoms with Crippen molar-refractivity contribution in [2.45, 2.75) is 33.2 Å². The standard InChI is InChI=1S/C16H28N4S.HI/c1-3-17-16(19-12-15-6-11-21-13-15)18-7-10-20-8-4-14(2)5-9-20;/h6,11,13-14H,3-5,7-10,12H2,1-2H3,(H2,17,18,19);1H. The van der Waals surface area contributed by atoms with Gasteiger partial charge >= 0.3 is 0 Å². The maximum absolute atomic E-state index is 4.63. The van der Waals surface area contributed by atoms with Crippen molar-refractivity contribution in [3.63, 3.8) is 0 Å². The molecule has 1 aliphatic heterocycles. The number of piperidine rings is 1. The highest BCUT2D eigenvalue weighted by Gasteiger charge is 2.14. The second kappa shape index (κ2) is 11.2. The molecule has 0 amide bonds. The summed E-state index contributed by atoms with van der Waals surface area (Å²) >= 11 is 1.72. The number of halogens is 1. The van der Waals surface area contributed by atoms with Crippen LogP contribution in [0.3, 0.4) is 0 Å². The molecule has 0 radical (unpaired) electrons. The highest BCUT2D eigenvalue weighted by Crippen LogP contribution is 2.15. The van der Waals surface area contributed by atoms with E-state index in [0.717, 1.165) is 38.1 Å². The number of likely N-dealkylation sites (tertiary alicyclic amines) is 1. The lowest BCUT2D eigenvalue weighted by atomic mass is 9.99. The Morgan fingerprint density at radius 1 is 1.36 bits per heavy atom. The minimum atomic E-state index is 0. The zero-order valence-corrected chi connectivity index (χ0v) is 16.8. The number of rotatable bonds is 6. The summed E-state index contributed by atoms with van der Waals surface area (Å²) < 4.78 is 0. The summed E-state index contributed by atoms with van der Waals surface area (Å²) in [5, 5.41) is 11.0. The van der Waals surface area contributed by atoms with Crippen molar-refractivity contribution in [2.24, 2.45) is 10.9 Å². The van der Waals surface area contributed by atoms with Crippen molar-refractivity contribution < 1.29 is 0 Å². The summed E-state index contributed by atoms with van der Waals surface area (Å²) in [5.74, 6) is 1.83. The quantitative estimate of drug-likeness (QED) is 0.409. The van der Waals surface area contributed by atoms with Crippen LogP contribution in [0.2, 0.25) is 0 Å². The molecule has 1 saturated heterocycles. The Morgan fingerprint density at radius 2 is 2.14 bits per heavy atom. The second-order valence-electron chi connectivity index (χ2n) is 5.78. The lowest BCUT2D eigenvalue weighted by Crippen LogP contribution is -2.43. The number of nitrogens with one attached hydrogen (secondary N) is 2. The first-order chi connectivity index (χ1) is 10.3. The topological polar surface area (TPSA) is 39.7 Å². The van der Waals surface area contributed by atoms with Crippen LogP contribution in [0.4, 0.5) is 0 Å². The second-order valence-corrected chi connectivity index (χ2v) is 6.56. The summed E-state index contributed by atoms with van der Waals surface area (Å²) in [7, 11) is 0. The number of aliphatic imine (C=N–C) groups is 1. The minimum Gasteiger partial charge on any atom is -0.357 e. The molecule has 1 aromatic heterocycles. The third-order valence-corrected chi connectivity index (χ3v) is 4.67. The largest absolute Gasteiger partial charge is 0.357 e. The van der Waals surface area contributed by atoms with E-state index in [0.29, 0.717) is 0 Å². The SMILES string of the molecule is CCNC(=NCc1ccsc1)NCCN1CCC(C)CC1.I. The molecule has 0 aromatic carbocycles. The van der Waals surface area contributed by atoms with Gasteiger partial charge in [0.05, 0.1) is 6.54 Å². The fraction of sp³-hybridized carbons (Fsp3) is 0.688. The summed E-state index contributed by atoms with van der Waals surface area (Å²) in [6.07, 6.45) is 2.68. The molecule has 4 nitrogen and oxygen atoms in total. The zero-order chi connectivity index (χ0) is 14.9. The van der Waals surface area contributed by atoms with E-state index in [1.54, 1.807) is 11.3 Å². The van der Waals surface area contributed by atoms with Crippen molar-refractivity contribution in [1.29, 1.82) is 0 Å². The van der Waals surface area contributed by atoms with Crippen molar-refractivity contribution in [1.82, 2.24) is 15.5 Å². The highest BCUT2D eigenvalue weighted by atomic mass is 127. The van der Waals surface area contributed by atoms with Gasteiger partial charge < -0.3 is 15.5 Å². The van der Waals surface area contributed by atoms with Crippen molar-refractivity contribution in [3.05, 3.63) is 22.4 Å². The molecule has 0 atom stereocenters. The van der Waals surface area contributed by atoms with Crippen LogP contribution >= 0.6 is 35.3 Å². The molecule has 2 rings (SSSR count). The van der Waals surface area contributed by atoms with Crippen LogP contribution in [0.5, 0.6) is 0 Å². The first-order valence-corrected chi connectivity index (χ1v) is 8.98. The molecule has 1 fully saturated rings.